The maximum absolute atomic E-state index is 13.7. The van der Waals surface area contributed by atoms with Crippen LogP contribution in [0.25, 0.3) is 17.3 Å². The van der Waals surface area contributed by atoms with Crippen molar-refractivity contribution in [2.75, 3.05) is 18.4 Å². The molecule has 1 fully saturated rings. The van der Waals surface area contributed by atoms with Gasteiger partial charge in [-0.1, -0.05) is 42.3 Å². The van der Waals surface area contributed by atoms with E-state index in [1.807, 2.05) is 6.07 Å². The average molecular weight is 687 g/mol. The minimum Gasteiger partial charge on any atom is -0.321 e. The van der Waals surface area contributed by atoms with E-state index in [9.17, 15) is 36.4 Å². The minimum atomic E-state index is -4.60. The number of carbonyl (C=O) groups is 1. The normalized spacial score (nSPS) is 15.3. The zero-order valence-electron chi connectivity index (χ0n) is 24.3. The number of aromatic nitrogens is 1. The summed E-state index contributed by atoms with van der Waals surface area (Å²) >= 11 is 7.07. The molecule has 0 unspecified atom stereocenters. The van der Waals surface area contributed by atoms with E-state index < -0.39 is 38.8 Å². The van der Waals surface area contributed by atoms with Crippen molar-refractivity contribution in [3.8, 4) is 11.8 Å². The van der Waals surface area contributed by atoms with E-state index in [0.717, 1.165) is 47.3 Å². The van der Waals surface area contributed by atoms with Gasteiger partial charge in [0.25, 0.3) is 11.5 Å². The number of anilines is 1. The molecule has 46 heavy (non-hydrogen) atoms. The summed E-state index contributed by atoms with van der Waals surface area (Å²) in [5.74, 6) is -0.922. The number of nitrogens with one attached hydrogen (secondary N) is 1. The number of rotatable bonds is 6. The Balaban J connectivity index is 1.63. The Bertz CT molecular complexity index is 2160. The fourth-order valence-corrected chi connectivity index (χ4v) is 7.78. The molecule has 0 atom stereocenters. The molecule has 14 heteroatoms. The van der Waals surface area contributed by atoms with Gasteiger partial charge in [0, 0.05) is 23.8 Å². The third kappa shape index (κ3) is 6.95. The Morgan fingerprint density at radius 2 is 1.76 bits per heavy atom. The van der Waals surface area contributed by atoms with Crippen molar-refractivity contribution in [3.63, 3.8) is 0 Å². The fraction of sp³-hybridized carbons (Fsp3) is 0.219. The summed E-state index contributed by atoms with van der Waals surface area (Å²) < 4.78 is 68.8. The Hall–Kier alpha value is -4.22. The van der Waals surface area contributed by atoms with Gasteiger partial charge < -0.3 is 5.32 Å². The number of hydrogen-bond acceptors (Lipinski definition) is 6. The van der Waals surface area contributed by atoms with E-state index in [2.05, 4.69) is 5.32 Å². The van der Waals surface area contributed by atoms with E-state index in [0.29, 0.717) is 23.7 Å². The lowest BCUT2D eigenvalue weighted by Gasteiger charge is -2.26. The van der Waals surface area contributed by atoms with Crippen LogP contribution in [0.4, 0.5) is 18.9 Å². The van der Waals surface area contributed by atoms with Crippen LogP contribution < -0.4 is 20.1 Å². The molecule has 1 aromatic heterocycles. The molecule has 8 nitrogen and oxygen atoms in total. The summed E-state index contributed by atoms with van der Waals surface area (Å²) in [7, 11) is -3.81. The smallest absolute Gasteiger partial charge is 0.321 e. The second-order valence-electron chi connectivity index (χ2n) is 10.5. The molecule has 1 amide bonds. The van der Waals surface area contributed by atoms with Crippen molar-refractivity contribution in [1.82, 2.24) is 8.87 Å². The van der Waals surface area contributed by atoms with Crippen molar-refractivity contribution in [2.24, 2.45) is 0 Å². The first-order valence-corrected chi connectivity index (χ1v) is 16.7. The topological polar surface area (TPSA) is 112 Å². The summed E-state index contributed by atoms with van der Waals surface area (Å²) in [6.07, 6.45) is -0.916. The van der Waals surface area contributed by atoms with Gasteiger partial charge in [-0.2, -0.15) is 22.7 Å². The van der Waals surface area contributed by atoms with Gasteiger partial charge in [0.15, 0.2) is 5.57 Å². The fourth-order valence-electron chi connectivity index (χ4n) is 4.94. The van der Waals surface area contributed by atoms with Gasteiger partial charge in [0.2, 0.25) is 10.0 Å². The van der Waals surface area contributed by atoms with E-state index in [1.54, 1.807) is 19.1 Å². The number of carbonyl (C=O) groups excluding carboxylic acids is 1. The number of sulfonamides is 1. The molecule has 5 rings (SSSR count). The molecule has 1 aliphatic heterocycles. The van der Waals surface area contributed by atoms with Gasteiger partial charge in [0.05, 0.1) is 20.7 Å². The van der Waals surface area contributed by atoms with Crippen molar-refractivity contribution < 1.29 is 26.4 Å². The molecule has 0 spiro atoms. The minimum absolute atomic E-state index is 0.0222. The van der Waals surface area contributed by atoms with Crippen LogP contribution in [0.1, 0.15) is 36.0 Å². The number of amides is 1. The molecule has 238 valence electrons. The van der Waals surface area contributed by atoms with Crippen molar-refractivity contribution in [3.05, 3.63) is 108 Å². The largest absolute Gasteiger partial charge is 0.416 e. The number of aryl methyl sites for hydroxylation is 1. The lowest BCUT2D eigenvalue weighted by molar-refractivity contribution is -0.137. The van der Waals surface area contributed by atoms with Crippen LogP contribution in [0.3, 0.4) is 0 Å². The molecule has 1 N–H and O–H groups in total. The SMILES string of the molecule is Cc1ccc(-n2c(=C(C#N)C(=O)Nc3cccc(S(=O)(=O)N4CCCCC4)c3)sc(=Cc3cccc(C(F)(F)F)c3)c2=O)cc1Cl. The molecule has 1 aliphatic rings. The van der Waals surface area contributed by atoms with Crippen molar-refractivity contribution in [2.45, 2.75) is 37.3 Å². The highest BCUT2D eigenvalue weighted by Gasteiger charge is 2.30. The van der Waals surface area contributed by atoms with Crippen LogP contribution in [-0.2, 0) is 21.0 Å². The number of piperidine rings is 1. The molecule has 0 saturated carbocycles. The van der Waals surface area contributed by atoms with E-state index in [-0.39, 0.29) is 31.0 Å². The van der Waals surface area contributed by atoms with Crippen LogP contribution in [-0.4, -0.2) is 36.3 Å². The van der Waals surface area contributed by atoms with Gasteiger partial charge in [-0.15, -0.1) is 11.3 Å². The van der Waals surface area contributed by atoms with Crippen LogP contribution in [0.5, 0.6) is 0 Å². The van der Waals surface area contributed by atoms with Crippen molar-refractivity contribution >= 4 is 56.2 Å². The van der Waals surface area contributed by atoms with E-state index in [1.165, 1.54) is 52.8 Å². The number of halogens is 4. The Morgan fingerprint density at radius 3 is 2.43 bits per heavy atom. The summed E-state index contributed by atoms with van der Waals surface area (Å²) in [5.41, 5.74) is -0.951. The lowest BCUT2D eigenvalue weighted by Crippen LogP contribution is -2.35. The van der Waals surface area contributed by atoms with Crippen LogP contribution >= 0.6 is 22.9 Å². The Labute approximate surface area is 271 Å². The molecular formula is C32H26ClF3N4O4S2. The highest BCUT2D eigenvalue weighted by Crippen LogP contribution is 2.29. The monoisotopic (exact) mass is 686 g/mol. The second-order valence-corrected chi connectivity index (χ2v) is 13.9. The lowest BCUT2D eigenvalue weighted by atomic mass is 10.1. The summed E-state index contributed by atoms with van der Waals surface area (Å²) in [4.78, 5) is 27.3. The number of nitrogens with zero attached hydrogens (tertiary/aromatic N) is 3. The van der Waals surface area contributed by atoms with Crippen LogP contribution in [0, 0.1) is 18.3 Å². The highest BCUT2D eigenvalue weighted by atomic mass is 35.5. The average Bonchev–Trinajstić information content (AvgIpc) is 3.33. The summed E-state index contributed by atoms with van der Waals surface area (Å²) in [6, 6.07) is 16.6. The van der Waals surface area contributed by atoms with E-state index >= 15 is 0 Å². The van der Waals surface area contributed by atoms with Gasteiger partial charge >= 0.3 is 6.18 Å². The van der Waals surface area contributed by atoms with Crippen LogP contribution in [0.2, 0.25) is 5.02 Å². The van der Waals surface area contributed by atoms with Gasteiger partial charge in [-0.25, -0.2) is 8.42 Å². The first-order chi connectivity index (χ1) is 21.8. The number of benzene rings is 3. The summed E-state index contributed by atoms with van der Waals surface area (Å²) in [6.45, 7) is 2.53. The molecule has 3 aromatic carbocycles. The first-order valence-electron chi connectivity index (χ1n) is 14.0. The Kier molecular flexibility index (Phi) is 9.55. The van der Waals surface area contributed by atoms with Gasteiger partial charge in [-0.05, 0) is 79.4 Å². The number of hydrogen-bond donors (Lipinski definition) is 1. The maximum atomic E-state index is 13.7. The quantitative estimate of drug-likeness (QED) is 0.300. The maximum Gasteiger partial charge on any atom is 0.416 e. The van der Waals surface area contributed by atoms with Crippen LogP contribution in [0.15, 0.2) is 76.4 Å². The first kappa shape index (κ1) is 33.2. The molecule has 1 saturated heterocycles. The van der Waals surface area contributed by atoms with Gasteiger partial charge in [0.1, 0.15) is 10.7 Å². The second kappa shape index (κ2) is 13.3. The molecule has 4 aromatic rings. The molecule has 0 radical (unpaired) electrons. The molecular weight excluding hydrogens is 661 g/mol. The zero-order chi connectivity index (χ0) is 33.2. The number of thiazole rings is 1. The molecule has 2 heterocycles. The van der Waals surface area contributed by atoms with Gasteiger partial charge in [-0.3, -0.25) is 14.2 Å². The van der Waals surface area contributed by atoms with Crippen molar-refractivity contribution in [1.29, 1.82) is 5.26 Å². The molecule has 0 bridgehead atoms. The third-order valence-electron chi connectivity index (χ3n) is 7.35. The Morgan fingerprint density at radius 1 is 1.04 bits per heavy atom. The standard InChI is InChI=1S/C32H26ClF3N4O4S2/c1-20-11-12-24(18-27(20)33)40-30(42)28(16-21-7-5-8-22(15-21)32(34,35)36)45-31(40)26(19-37)29(41)38-23-9-6-10-25(17-23)46(43,44)39-13-3-2-4-14-39/h5-12,15-18H,2-4,13-14H2,1H3,(H,38,41). The number of nitriles is 1. The third-order valence-corrected chi connectivity index (χ3v) is 10.7. The predicted octanol–water partition coefficient (Wildman–Crippen LogP) is 5.20. The summed E-state index contributed by atoms with van der Waals surface area (Å²) in [5, 5.41) is 13.0. The zero-order valence-corrected chi connectivity index (χ0v) is 26.7. The highest BCUT2D eigenvalue weighted by molar-refractivity contribution is 7.89. The number of alkyl halides is 3. The predicted molar refractivity (Wildman–Crippen MR) is 171 cm³/mol. The van der Waals surface area contributed by atoms with E-state index in [4.69, 9.17) is 11.6 Å². The molecule has 0 aliphatic carbocycles.